The van der Waals surface area contributed by atoms with Crippen LogP contribution in [0, 0.1) is 12.7 Å². The van der Waals surface area contributed by atoms with Crippen molar-refractivity contribution in [2.24, 2.45) is 0 Å². The number of ketones is 1. The van der Waals surface area contributed by atoms with Gasteiger partial charge in [-0.05, 0) is 66.6 Å². The Morgan fingerprint density at radius 1 is 1.14 bits per heavy atom. The van der Waals surface area contributed by atoms with Crippen molar-refractivity contribution in [1.29, 1.82) is 0 Å². The van der Waals surface area contributed by atoms with Gasteiger partial charge in [-0.15, -0.1) is 0 Å². The van der Waals surface area contributed by atoms with Crippen molar-refractivity contribution in [3.63, 3.8) is 0 Å². The Kier molecular flexibility index (Phi) is 6.51. The highest BCUT2D eigenvalue weighted by Crippen LogP contribution is 2.31. The van der Waals surface area contributed by atoms with Crippen molar-refractivity contribution in [3.8, 4) is 17.2 Å². The number of carbonyl (C=O) groups excluding carboxylic acids is 1. The predicted octanol–water partition coefficient (Wildman–Crippen LogP) is 6.98. The van der Waals surface area contributed by atoms with Crippen molar-refractivity contribution in [2.45, 2.75) is 19.8 Å². The number of ether oxygens (including phenoxy) is 1. The summed E-state index contributed by atoms with van der Waals surface area (Å²) in [5.74, 6) is -0.156. The first-order valence-corrected chi connectivity index (χ1v) is 12.0. The van der Waals surface area contributed by atoms with Crippen LogP contribution in [0.5, 0.6) is 11.5 Å². The molecule has 6 nitrogen and oxygen atoms in total. The molecule has 5 aromatic rings. The molecule has 2 heterocycles. The van der Waals surface area contributed by atoms with E-state index in [1.54, 1.807) is 55.5 Å². The fraction of sp³-hybridized carbons (Fsp3) is 0.111. The molecule has 0 aliphatic heterocycles. The van der Waals surface area contributed by atoms with Crippen molar-refractivity contribution < 1.29 is 22.7 Å². The van der Waals surface area contributed by atoms with Crippen molar-refractivity contribution in [1.82, 2.24) is 14.8 Å². The minimum absolute atomic E-state index is 0.108. The number of alkyl halides is 2. The molecule has 0 aliphatic rings. The zero-order valence-electron chi connectivity index (χ0n) is 19.4. The molecule has 5 rings (SSSR count). The molecule has 2 aromatic heterocycles. The number of benzene rings is 3. The quantitative estimate of drug-likeness (QED) is 0.207. The number of hydrogen-bond donors (Lipinski definition) is 2. The van der Waals surface area contributed by atoms with Gasteiger partial charge < -0.3 is 15.5 Å². The summed E-state index contributed by atoms with van der Waals surface area (Å²) in [4.78, 5) is 16.3. The predicted molar refractivity (Wildman–Crippen MR) is 138 cm³/mol. The number of carbonyl (C=O) groups is 1. The molecule has 10 heteroatoms. The van der Waals surface area contributed by atoms with E-state index in [0.29, 0.717) is 37.9 Å². The first-order valence-electron chi connectivity index (χ1n) is 11.2. The molecular weight excluding hydrogens is 549 g/mol. The maximum absolute atomic E-state index is 14.0. The summed E-state index contributed by atoms with van der Waals surface area (Å²) >= 11 is 3.31. The van der Waals surface area contributed by atoms with Crippen molar-refractivity contribution in [2.75, 3.05) is 5.73 Å². The lowest BCUT2D eigenvalue weighted by Gasteiger charge is -2.12. The Bertz CT molecular complexity index is 1640. The maximum atomic E-state index is 14.0. The maximum Gasteiger partial charge on any atom is 0.242 e. The number of nitrogen functional groups attached to an aromatic ring is 1. The van der Waals surface area contributed by atoms with Crippen LogP contribution in [0.2, 0.25) is 0 Å². The fourth-order valence-corrected chi connectivity index (χ4v) is 4.56. The third kappa shape index (κ3) is 4.84. The summed E-state index contributed by atoms with van der Waals surface area (Å²) in [6.07, 6.45) is -1.50. The van der Waals surface area contributed by atoms with E-state index in [9.17, 15) is 18.0 Å². The van der Waals surface area contributed by atoms with Gasteiger partial charge in [0.25, 0.3) is 0 Å². The number of H-pyrrole nitrogens is 1. The molecule has 3 aromatic carbocycles. The third-order valence-electron chi connectivity index (χ3n) is 5.92. The molecule has 188 valence electrons. The Hall–Kier alpha value is -4.05. The van der Waals surface area contributed by atoms with Gasteiger partial charge in [0.2, 0.25) is 12.2 Å². The zero-order chi connectivity index (χ0) is 26.3. The van der Waals surface area contributed by atoms with Crippen LogP contribution in [0.1, 0.15) is 27.2 Å². The lowest BCUT2D eigenvalue weighted by atomic mass is 10.1. The molecule has 0 fully saturated rings. The normalized spacial score (nSPS) is 11.4. The van der Waals surface area contributed by atoms with E-state index in [-0.39, 0.29) is 28.6 Å². The first-order chi connectivity index (χ1) is 17.7. The smallest absolute Gasteiger partial charge is 0.242 e. The van der Waals surface area contributed by atoms with Gasteiger partial charge in [-0.2, -0.15) is 5.10 Å². The van der Waals surface area contributed by atoms with Crippen LogP contribution < -0.4 is 10.5 Å². The molecule has 0 saturated carbocycles. The second kappa shape index (κ2) is 9.78. The lowest BCUT2D eigenvalue weighted by molar-refractivity contribution is 0.103. The molecule has 0 atom stereocenters. The SMILES string of the molecule is Cc1cc(-n2ncc(C(=O)c3cc4cc(CC(F)F)c(Br)cc4[nH]3)c2N)ccc1Oc1ccccc1F. The summed E-state index contributed by atoms with van der Waals surface area (Å²) in [5.41, 5.74) is 9.11. The number of nitrogens with one attached hydrogen (secondary N) is 1. The van der Waals surface area contributed by atoms with E-state index >= 15 is 0 Å². The van der Waals surface area contributed by atoms with E-state index < -0.39 is 18.7 Å². The van der Waals surface area contributed by atoms with E-state index in [4.69, 9.17) is 10.5 Å². The highest BCUT2D eigenvalue weighted by atomic mass is 79.9. The molecule has 0 unspecified atom stereocenters. The molecule has 0 radical (unpaired) electrons. The minimum Gasteiger partial charge on any atom is -0.454 e. The molecule has 3 N–H and O–H groups in total. The highest BCUT2D eigenvalue weighted by Gasteiger charge is 2.21. The standard InChI is InChI=1S/C27H20BrF3N4O2/c1-14-8-17(6-7-23(14)37-24-5-3-2-4-20(24)29)35-27(32)18(13-33-35)26(36)22-10-16-9-15(11-25(30)31)19(28)12-21(16)34-22/h2-10,12-13,25,34H,11,32H2,1H3. The van der Waals surface area contributed by atoms with Gasteiger partial charge in [-0.25, -0.2) is 17.9 Å². The minimum atomic E-state index is -2.48. The van der Waals surface area contributed by atoms with Crippen LogP contribution in [0.15, 0.2) is 71.3 Å². The molecular formula is C27H20BrF3N4O2. The number of para-hydroxylation sites is 1. The fourth-order valence-electron chi connectivity index (χ4n) is 4.06. The van der Waals surface area contributed by atoms with Crippen LogP contribution >= 0.6 is 15.9 Å². The molecule has 0 saturated heterocycles. The average molecular weight is 569 g/mol. The van der Waals surface area contributed by atoms with Crippen molar-refractivity contribution in [3.05, 3.63) is 99.5 Å². The number of rotatable bonds is 7. The van der Waals surface area contributed by atoms with E-state index in [1.807, 2.05) is 0 Å². The van der Waals surface area contributed by atoms with Crippen LogP contribution in [0.4, 0.5) is 19.0 Å². The van der Waals surface area contributed by atoms with E-state index in [1.165, 1.54) is 23.0 Å². The topological polar surface area (TPSA) is 85.9 Å². The number of nitrogens with two attached hydrogens (primary N) is 1. The Morgan fingerprint density at radius 2 is 1.92 bits per heavy atom. The number of aromatic amines is 1. The number of aryl methyl sites for hydroxylation is 1. The number of fused-ring (bicyclic) bond motifs is 1. The Balaban J connectivity index is 1.42. The number of aromatic nitrogens is 3. The summed E-state index contributed by atoms with van der Waals surface area (Å²) < 4.78 is 47.4. The molecule has 37 heavy (non-hydrogen) atoms. The van der Waals surface area contributed by atoms with E-state index in [2.05, 4.69) is 26.0 Å². The van der Waals surface area contributed by atoms with Crippen LogP contribution in [0.25, 0.3) is 16.6 Å². The summed E-state index contributed by atoms with van der Waals surface area (Å²) in [6, 6.07) is 16.1. The Morgan fingerprint density at radius 3 is 2.65 bits per heavy atom. The number of nitrogens with zero attached hydrogens (tertiary/aromatic N) is 2. The largest absolute Gasteiger partial charge is 0.454 e. The Labute approximate surface area is 218 Å². The van der Waals surface area contributed by atoms with Gasteiger partial charge in [0, 0.05) is 21.8 Å². The average Bonchev–Trinajstić information content (AvgIpc) is 3.44. The van der Waals surface area contributed by atoms with Crippen LogP contribution in [0.3, 0.4) is 0 Å². The first kappa shape index (κ1) is 24.6. The van der Waals surface area contributed by atoms with Gasteiger partial charge >= 0.3 is 0 Å². The number of anilines is 1. The second-order valence-electron chi connectivity index (χ2n) is 8.48. The van der Waals surface area contributed by atoms with Gasteiger partial charge in [0.15, 0.2) is 11.6 Å². The van der Waals surface area contributed by atoms with Gasteiger partial charge in [0.1, 0.15) is 11.6 Å². The van der Waals surface area contributed by atoms with Crippen LogP contribution in [-0.2, 0) is 6.42 Å². The lowest BCUT2D eigenvalue weighted by Crippen LogP contribution is -2.07. The number of hydrogen-bond acceptors (Lipinski definition) is 4. The summed E-state index contributed by atoms with van der Waals surface area (Å²) in [5, 5.41) is 4.92. The third-order valence-corrected chi connectivity index (χ3v) is 6.66. The van der Waals surface area contributed by atoms with Gasteiger partial charge in [-0.3, -0.25) is 4.79 Å². The number of halogens is 4. The second-order valence-corrected chi connectivity index (χ2v) is 9.33. The molecule has 0 bridgehead atoms. The monoisotopic (exact) mass is 568 g/mol. The molecule has 0 amide bonds. The zero-order valence-corrected chi connectivity index (χ0v) is 21.0. The summed E-state index contributed by atoms with van der Waals surface area (Å²) in [6.45, 7) is 1.80. The van der Waals surface area contributed by atoms with Crippen LogP contribution in [-0.4, -0.2) is 27.0 Å². The molecule has 0 aliphatic carbocycles. The van der Waals surface area contributed by atoms with Gasteiger partial charge in [0.05, 0.1) is 23.1 Å². The van der Waals surface area contributed by atoms with Crippen molar-refractivity contribution >= 4 is 38.4 Å². The highest BCUT2D eigenvalue weighted by molar-refractivity contribution is 9.10. The van der Waals surface area contributed by atoms with Gasteiger partial charge in [-0.1, -0.05) is 28.1 Å². The molecule has 0 spiro atoms. The van der Waals surface area contributed by atoms with E-state index in [0.717, 1.165) is 0 Å². The summed E-state index contributed by atoms with van der Waals surface area (Å²) in [7, 11) is 0.